The lowest BCUT2D eigenvalue weighted by Gasteiger charge is -2.30. The predicted octanol–water partition coefficient (Wildman–Crippen LogP) is 2.30. The molecule has 2 unspecified atom stereocenters. The quantitative estimate of drug-likeness (QED) is 0.800. The monoisotopic (exact) mass is 205 g/mol. The van der Waals surface area contributed by atoms with Gasteiger partial charge in [-0.05, 0) is 24.5 Å². The van der Waals surface area contributed by atoms with Gasteiger partial charge in [-0.15, -0.1) is 0 Å². The van der Waals surface area contributed by atoms with E-state index in [4.69, 9.17) is 4.74 Å². The van der Waals surface area contributed by atoms with Crippen LogP contribution in [0.2, 0.25) is 0 Å². The Hall–Kier alpha value is -0.860. The van der Waals surface area contributed by atoms with Crippen LogP contribution >= 0.6 is 0 Å². The molecule has 0 spiro atoms. The molecule has 1 aromatic rings. The molecule has 0 aromatic heterocycles. The molecule has 2 heteroatoms. The third-order valence-corrected chi connectivity index (χ3v) is 2.94. The number of hydrogen-bond donors (Lipinski definition) is 1. The summed E-state index contributed by atoms with van der Waals surface area (Å²) in [5, 5.41) is 3.41. The van der Waals surface area contributed by atoms with E-state index in [1.54, 1.807) is 0 Å². The maximum atomic E-state index is 5.95. The summed E-state index contributed by atoms with van der Waals surface area (Å²) >= 11 is 0. The van der Waals surface area contributed by atoms with E-state index < -0.39 is 0 Å². The summed E-state index contributed by atoms with van der Waals surface area (Å²) in [6.07, 6.45) is 1.61. The first-order valence-corrected chi connectivity index (χ1v) is 5.75. The van der Waals surface area contributed by atoms with Crippen molar-refractivity contribution in [3.63, 3.8) is 0 Å². The Kier molecular flexibility index (Phi) is 3.39. The molecule has 1 aliphatic rings. The number of morpholine rings is 1. The van der Waals surface area contributed by atoms with Crippen LogP contribution in [0.15, 0.2) is 24.3 Å². The van der Waals surface area contributed by atoms with E-state index in [1.165, 1.54) is 11.1 Å². The van der Waals surface area contributed by atoms with E-state index in [1.807, 2.05) is 0 Å². The van der Waals surface area contributed by atoms with Crippen molar-refractivity contribution in [1.82, 2.24) is 5.32 Å². The van der Waals surface area contributed by atoms with Gasteiger partial charge in [0.25, 0.3) is 0 Å². The topological polar surface area (TPSA) is 21.3 Å². The lowest BCUT2D eigenvalue weighted by atomic mass is 9.99. The summed E-state index contributed by atoms with van der Waals surface area (Å²) in [6.45, 7) is 6.21. The number of ether oxygens (including phenoxy) is 1. The molecule has 0 aliphatic carbocycles. The van der Waals surface area contributed by atoms with Crippen LogP contribution in [-0.4, -0.2) is 19.2 Å². The van der Waals surface area contributed by atoms with Gasteiger partial charge in [-0.1, -0.05) is 31.2 Å². The van der Waals surface area contributed by atoms with Gasteiger partial charge < -0.3 is 10.1 Å². The molecule has 0 radical (unpaired) electrons. The largest absolute Gasteiger partial charge is 0.368 e. The lowest BCUT2D eigenvalue weighted by molar-refractivity contribution is -0.0291. The van der Waals surface area contributed by atoms with Crippen LogP contribution < -0.4 is 5.32 Å². The molecule has 15 heavy (non-hydrogen) atoms. The maximum Gasteiger partial charge on any atom is 0.0956 e. The van der Waals surface area contributed by atoms with Crippen LogP contribution in [-0.2, 0) is 11.2 Å². The number of hydrogen-bond acceptors (Lipinski definition) is 2. The van der Waals surface area contributed by atoms with Gasteiger partial charge in [-0.25, -0.2) is 0 Å². The first-order valence-electron chi connectivity index (χ1n) is 5.75. The van der Waals surface area contributed by atoms with Gasteiger partial charge in [0, 0.05) is 13.1 Å². The number of benzene rings is 1. The van der Waals surface area contributed by atoms with Crippen LogP contribution in [0, 0.1) is 0 Å². The zero-order valence-electron chi connectivity index (χ0n) is 9.49. The second-order valence-electron chi connectivity index (χ2n) is 4.15. The fourth-order valence-corrected chi connectivity index (χ4v) is 2.15. The van der Waals surface area contributed by atoms with Crippen molar-refractivity contribution in [2.45, 2.75) is 32.5 Å². The van der Waals surface area contributed by atoms with Crippen molar-refractivity contribution in [2.24, 2.45) is 0 Å². The summed E-state index contributed by atoms with van der Waals surface area (Å²) in [4.78, 5) is 0. The third-order valence-electron chi connectivity index (χ3n) is 2.94. The lowest BCUT2D eigenvalue weighted by Crippen LogP contribution is -2.39. The molecule has 0 saturated carbocycles. The molecule has 1 fully saturated rings. The molecule has 2 atom stereocenters. The summed E-state index contributed by atoms with van der Waals surface area (Å²) in [6, 6.07) is 8.57. The van der Waals surface area contributed by atoms with Crippen LogP contribution in [0.25, 0.3) is 0 Å². The number of rotatable bonds is 2. The standard InChI is InChI=1S/C13H19NO/c1-3-11-6-4-5-7-12(11)13-9-14-8-10(2)15-13/h4-7,10,13-14H,3,8-9H2,1-2H3. The van der Waals surface area contributed by atoms with E-state index in [9.17, 15) is 0 Å². The molecule has 1 heterocycles. The summed E-state index contributed by atoms with van der Waals surface area (Å²) in [7, 11) is 0. The highest BCUT2D eigenvalue weighted by atomic mass is 16.5. The van der Waals surface area contributed by atoms with Gasteiger partial charge in [0.2, 0.25) is 0 Å². The average molecular weight is 205 g/mol. The van der Waals surface area contributed by atoms with Gasteiger partial charge in [-0.3, -0.25) is 0 Å². The second kappa shape index (κ2) is 4.77. The molecular formula is C13H19NO. The first kappa shape index (κ1) is 10.7. The van der Waals surface area contributed by atoms with Crippen molar-refractivity contribution in [1.29, 1.82) is 0 Å². The van der Waals surface area contributed by atoms with Crippen LogP contribution in [0.5, 0.6) is 0 Å². The van der Waals surface area contributed by atoms with E-state index in [-0.39, 0.29) is 6.10 Å². The Bertz CT molecular complexity index is 324. The fraction of sp³-hybridized carbons (Fsp3) is 0.538. The molecule has 82 valence electrons. The van der Waals surface area contributed by atoms with Crippen molar-refractivity contribution in [3.8, 4) is 0 Å². The zero-order valence-corrected chi connectivity index (χ0v) is 9.49. The van der Waals surface area contributed by atoms with Crippen molar-refractivity contribution in [3.05, 3.63) is 35.4 Å². The van der Waals surface area contributed by atoms with Gasteiger partial charge >= 0.3 is 0 Å². The Morgan fingerprint density at radius 2 is 2.13 bits per heavy atom. The Balaban J connectivity index is 2.20. The predicted molar refractivity (Wildman–Crippen MR) is 62.0 cm³/mol. The molecule has 1 N–H and O–H groups in total. The van der Waals surface area contributed by atoms with E-state index in [2.05, 4.69) is 43.4 Å². The minimum absolute atomic E-state index is 0.227. The molecule has 1 aliphatic heterocycles. The highest BCUT2D eigenvalue weighted by Gasteiger charge is 2.21. The van der Waals surface area contributed by atoms with E-state index in [0.29, 0.717) is 6.10 Å². The molecule has 0 amide bonds. The average Bonchev–Trinajstić information content (AvgIpc) is 2.29. The van der Waals surface area contributed by atoms with Crippen molar-refractivity contribution in [2.75, 3.05) is 13.1 Å². The van der Waals surface area contributed by atoms with Gasteiger partial charge in [0.15, 0.2) is 0 Å². The summed E-state index contributed by atoms with van der Waals surface area (Å²) in [5.41, 5.74) is 2.75. The number of aryl methyl sites for hydroxylation is 1. The molecule has 2 nitrogen and oxygen atoms in total. The SMILES string of the molecule is CCc1ccccc1C1CNCC(C)O1. The highest BCUT2D eigenvalue weighted by molar-refractivity contribution is 5.29. The molecule has 2 rings (SSSR count). The minimum Gasteiger partial charge on any atom is -0.368 e. The third kappa shape index (κ3) is 2.39. The Morgan fingerprint density at radius 3 is 2.87 bits per heavy atom. The first-order chi connectivity index (χ1) is 7.31. The van der Waals surface area contributed by atoms with Crippen molar-refractivity contribution >= 4 is 0 Å². The molecular weight excluding hydrogens is 186 g/mol. The molecule has 1 saturated heterocycles. The van der Waals surface area contributed by atoms with Crippen LogP contribution in [0.4, 0.5) is 0 Å². The van der Waals surface area contributed by atoms with Gasteiger partial charge in [0.05, 0.1) is 12.2 Å². The van der Waals surface area contributed by atoms with E-state index >= 15 is 0 Å². The van der Waals surface area contributed by atoms with E-state index in [0.717, 1.165) is 19.5 Å². The number of nitrogens with one attached hydrogen (secondary N) is 1. The Morgan fingerprint density at radius 1 is 1.33 bits per heavy atom. The second-order valence-corrected chi connectivity index (χ2v) is 4.15. The summed E-state index contributed by atoms with van der Waals surface area (Å²) in [5.74, 6) is 0. The highest BCUT2D eigenvalue weighted by Crippen LogP contribution is 2.24. The minimum atomic E-state index is 0.227. The fourth-order valence-electron chi connectivity index (χ4n) is 2.15. The molecule has 0 bridgehead atoms. The van der Waals surface area contributed by atoms with Crippen LogP contribution in [0.1, 0.15) is 31.1 Å². The van der Waals surface area contributed by atoms with Crippen molar-refractivity contribution < 1.29 is 4.74 Å². The normalized spacial score (nSPS) is 26.5. The van der Waals surface area contributed by atoms with Crippen LogP contribution in [0.3, 0.4) is 0 Å². The summed E-state index contributed by atoms with van der Waals surface area (Å²) < 4.78 is 5.95. The Labute approximate surface area is 91.6 Å². The van der Waals surface area contributed by atoms with Gasteiger partial charge in [0.1, 0.15) is 0 Å². The smallest absolute Gasteiger partial charge is 0.0956 e. The molecule has 1 aromatic carbocycles. The maximum absolute atomic E-state index is 5.95. The van der Waals surface area contributed by atoms with Gasteiger partial charge in [-0.2, -0.15) is 0 Å². The zero-order chi connectivity index (χ0) is 10.7.